The van der Waals surface area contributed by atoms with Crippen molar-refractivity contribution in [1.82, 2.24) is 0 Å². The van der Waals surface area contributed by atoms with Crippen LogP contribution in [0.15, 0.2) is 12.7 Å². The SMILES string of the molecule is C=CC(=O)OC1CCC2CC3OC3C2C1. The molecule has 1 heterocycles. The highest BCUT2D eigenvalue weighted by atomic mass is 16.6. The van der Waals surface area contributed by atoms with E-state index >= 15 is 0 Å². The Kier molecular flexibility index (Phi) is 2.09. The van der Waals surface area contributed by atoms with E-state index in [4.69, 9.17) is 9.47 Å². The maximum Gasteiger partial charge on any atom is 0.330 e. The summed E-state index contributed by atoms with van der Waals surface area (Å²) in [4.78, 5) is 11.1. The number of hydrogen-bond acceptors (Lipinski definition) is 3. The molecule has 5 unspecified atom stereocenters. The molecule has 0 spiro atoms. The van der Waals surface area contributed by atoms with Crippen molar-refractivity contribution < 1.29 is 14.3 Å². The molecule has 5 atom stereocenters. The summed E-state index contributed by atoms with van der Waals surface area (Å²) in [6.07, 6.45) is 6.80. The van der Waals surface area contributed by atoms with Crippen molar-refractivity contribution >= 4 is 5.97 Å². The Bertz CT molecular complexity index is 299. The standard InChI is InChI=1S/C12H16O3/c1-2-11(13)14-8-4-3-7-5-10-12(15-10)9(7)6-8/h2,7-10,12H,1,3-6H2. The second kappa shape index (κ2) is 3.34. The van der Waals surface area contributed by atoms with Crippen molar-refractivity contribution in [2.24, 2.45) is 11.8 Å². The van der Waals surface area contributed by atoms with E-state index < -0.39 is 0 Å². The van der Waals surface area contributed by atoms with E-state index in [1.807, 2.05) is 0 Å². The number of epoxide rings is 1. The topological polar surface area (TPSA) is 38.8 Å². The van der Waals surface area contributed by atoms with E-state index in [-0.39, 0.29) is 12.1 Å². The molecular formula is C12H16O3. The van der Waals surface area contributed by atoms with Crippen LogP contribution in [0.1, 0.15) is 25.7 Å². The Hall–Kier alpha value is -0.830. The molecule has 82 valence electrons. The molecule has 3 aliphatic rings. The van der Waals surface area contributed by atoms with Crippen LogP contribution in [0.3, 0.4) is 0 Å². The molecule has 0 aromatic rings. The summed E-state index contributed by atoms with van der Waals surface area (Å²) in [5, 5.41) is 0. The van der Waals surface area contributed by atoms with Crippen LogP contribution in [0.4, 0.5) is 0 Å². The third-order valence-corrected chi connectivity index (χ3v) is 4.03. The van der Waals surface area contributed by atoms with Gasteiger partial charge in [0.15, 0.2) is 0 Å². The number of ether oxygens (including phenoxy) is 2. The minimum atomic E-state index is -0.287. The maximum atomic E-state index is 11.1. The molecule has 0 radical (unpaired) electrons. The first-order valence-corrected chi connectivity index (χ1v) is 5.76. The molecule has 3 nitrogen and oxygen atoms in total. The molecule has 3 heteroatoms. The minimum Gasteiger partial charge on any atom is -0.459 e. The number of fused-ring (bicyclic) bond motifs is 3. The van der Waals surface area contributed by atoms with E-state index in [9.17, 15) is 4.79 Å². The van der Waals surface area contributed by atoms with Crippen LogP contribution >= 0.6 is 0 Å². The smallest absolute Gasteiger partial charge is 0.330 e. The fourth-order valence-electron chi connectivity index (χ4n) is 3.26. The Morgan fingerprint density at radius 2 is 2.27 bits per heavy atom. The van der Waals surface area contributed by atoms with Gasteiger partial charge in [-0.15, -0.1) is 0 Å². The molecule has 15 heavy (non-hydrogen) atoms. The van der Waals surface area contributed by atoms with E-state index in [1.54, 1.807) is 0 Å². The second-order valence-corrected chi connectivity index (χ2v) is 4.87. The first-order valence-electron chi connectivity index (χ1n) is 5.76. The molecule has 3 fully saturated rings. The van der Waals surface area contributed by atoms with Gasteiger partial charge < -0.3 is 9.47 Å². The van der Waals surface area contributed by atoms with Crippen molar-refractivity contribution in [3.8, 4) is 0 Å². The predicted molar refractivity (Wildman–Crippen MR) is 54.2 cm³/mol. The Morgan fingerprint density at radius 1 is 1.40 bits per heavy atom. The third kappa shape index (κ3) is 1.59. The van der Waals surface area contributed by atoms with Gasteiger partial charge in [0, 0.05) is 6.08 Å². The van der Waals surface area contributed by atoms with Gasteiger partial charge in [0.2, 0.25) is 0 Å². The summed E-state index contributed by atoms with van der Waals surface area (Å²) in [7, 11) is 0. The molecule has 0 aromatic carbocycles. The van der Waals surface area contributed by atoms with Gasteiger partial charge >= 0.3 is 5.97 Å². The highest BCUT2D eigenvalue weighted by Gasteiger charge is 2.56. The lowest BCUT2D eigenvalue weighted by molar-refractivity contribution is -0.146. The van der Waals surface area contributed by atoms with E-state index in [0.717, 1.165) is 18.8 Å². The fourth-order valence-corrected chi connectivity index (χ4v) is 3.26. The zero-order valence-corrected chi connectivity index (χ0v) is 8.72. The summed E-state index contributed by atoms with van der Waals surface area (Å²) in [5.74, 6) is 1.18. The highest BCUT2D eigenvalue weighted by molar-refractivity contribution is 5.81. The van der Waals surface area contributed by atoms with Crippen LogP contribution in [-0.2, 0) is 14.3 Å². The van der Waals surface area contributed by atoms with Crippen molar-refractivity contribution in [2.45, 2.75) is 44.0 Å². The minimum absolute atomic E-state index is 0.0969. The maximum absolute atomic E-state index is 11.1. The van der Waals surface area contributed by atoms with Crippen LogP contribution in [0, 0.1) is 11.8 Å². The van der Waals surface area contributed by atoms with Crippen molar-refractivity contribution in [2.75, 3.05) is 0 Å². The van der Waals surface area contributed by atoms with Gasteiger partial charge in [0.1, 0.15) is 6.10 Å². The molecule has 0 amide bonds. The largest absolute Gasteiger partial charge is 0.459 e. The Morgan fingerprint density at radius 3 is 3.07 bits per heavy atom. The summed E-state index contributed by atoms with van der Waals surface area (Å²) in [5.41, 5.74) is 0. The average Bonchev–Trinajstić information content (AvgIpc) is 2.93. The third-order valence-electron chi connectivity index (χ3n) is 4.03. The van der Waals surface area contributed by atoms with Crippen LogP contribution in [0.2, 0.25) is 0 Å². The quantitative estimate of drug-likeness (QED) is 0.393. The zero-order chi connectivity index (χ0) is 10.4. The Labute approximate surface area is 89.4 Å². The van der Waals surface area contributed by atoms with Gasteiger partial charge in [-0.05, 0) is 37.5 Å². The Balaban J connectivity index is 1.60. The second-order valence-electron chi connectivity index (χ2n) is 4.87. The van der Waals surface area contributed by atoms with Gasteiger partial charge in [-0.25, -0.2) is 4.79 Å². The summed E-state index contributed by atoms with van der Waals surface area (Å²) >= 11 is 0. The summed E-state index contributed by atoms with van der Waals surface area (Å²) in [6.45, 7) is 3.42. The fraction of sp³-hybridized carbons (Fsp3) is 0.750. The zero-order valence-electron chi connectivity index (χ0n) is 8.72. The van der Waals surface area contributed by atoms with Gasteiger partial charge in [0.05, 0.1) is 12.2 Å². The molecule has 1 aliphatic heterocycles. The molecule has 1 saturated heterocycles. The van der Waals surface area contributed by atoms with Gasteiger partial charge in [-0.2, -0.15) is 0 Å². The number of esters is 1. The average molecular weight is 208 g/mol. The first kappa shape index (κ1) is 9.40. The highest BCUT2D eigenvalue weighted by Crippen LogP contribution is 2.53. The molecule has 3 rings (SSSR count). The monoisotopic (exact) mass is 208 g/mol. The van der Waals surface area contributed by atoms with Gasteiger partial charge in [-0.3, -0.25) is 0 Å². The number of carbonyl (C=O) groups excluding carboxylic acids is 1. The summed E-state index contributed by atoms with van der Waals surface area (Å²) < 4.78 is 10.8. The van der Waals surface area contributed by atoms with Gasteiger partial charge in [0.25, 0.3) is 0 Å². The van der Waals surface area contributed by atoms with E-state index in [0.29, 0.717) is 18.1 Å². The van der Waals surface area contributed by atoms with Crippen LogP contribution < -0.4 is 0 Å². The van der Waals surface area contributed by atoms with Crippen molar-refractivity contribution in [3.63, 3.8) is 0 Å². The lowest BCUT2D eigenvalue weighted by atomic mass is 9.79. The molecule has 2 saturated carbocycles. The predicted octanol–water partition coefficient (Wildman–Crippen LogP) is 1.67. The van der Waals surface area contributed by atoms with E-state index in [2.05, 4.69) is 6.58 Å². The molecule has 0 N–H and O–H groups in total. The van der Waals surface area contributed by atoms with Crippen LogP contribution in [0.5, 0.6) is 0 Å². The van der Waals surface area contributed by atoms with Crippen molar-refractivity contribution in [3.05, 3.63) is 12.7 Å². The first-order chi connectivity index (χ1) is 7.28. The lowest BCUT2D eigenvalue weighted by Crippen LogP contribution is -2.31. The van der Waals surface area contributed by atoms with Crippen LogP contribution in [-0.4, -0.2) is 24.3 Å². The number of rotatable bonds is 2. The normalized spacial score (nSPS) is 46.5. The van der Waals surface area contributed by atoms with Crippen LogP contribution in [0.25, 0.3) is 0 Å². The van der Waals surface area contributed by atoms with E-state index in [1.165, 1.54) is 18.9 Å². The molecule has 0 aromatic heterocycles. The molecular weight excluding hydrogens is 192 g/mol. The number of carbonyl (C=O) groups is 1. The molecule has 0 bridgehead atoms. The number of hydrogen-bond donors (Lipinski definition) is 0. The summed E-state index contributed by atoms with van der Waals surface area (Å²) in [6, 6.07) is 0. The lowest BCUT2D eigenvalue weighted by Gasteiger charge is -2.32. The van der Waals surface area contributed by atoms with Gasteiger partial charge in [-0.1, -0.05) is 6.58 Å². The molecule has 2 aliphatic carbocycles. The van der Waals surface area contributed by atoms with Crippen molar-refractivity contribution in [1.29, 1.82) is 0 Å².